The molecular formula is C15H19NO4S. The van der Waals surface area contributed by atoms with E-state index in [-0.39, 0.29) is 29.4 Å². The van der Waals surface area contributed by atoms with Crippen molar-refractivity contribution in [2.45, 2.75) is 25.3 Å². The Morgan fingerprint density at radius 2 is 2.10 bits per heavy atom. The Hall–Kier alpha value is -1.56. The van der Waals surface area contributed by atoms with Crippen LogP contribution in [-0.2, 0) is 14.6 Å². The first-order chi connectivity index (χ1) is 10.0. The molecule has 0 radical (unpaired) electrons. The molecule has 1 amide bonds. The third kappa shape index (κ3) is 3.37. The molecule has 6 heteroatoms. The first-order valence-corrected chi connectivity index (χ1v) is 9.07. The molecule has 21 heavy (non-hydrogen) atoms. The van der Waals surface area contributed by atoms with Crippen molar-refractivity contribution in [3.63, 3.8) is 0 Å². The lowest BCUT2D eigenvalue weighted by molar-refractivity contribution is -0.122. The minimum absolute atomic E-state index is 0.0370. The highest BCUT2D eigenvalue weighted by molar-refractivity contribution is 7.91. The van der Waals surface area contributed by atoms with E-state index in [1.807, 2.05) is 24.3 Å². The number of amides is 1. The number of carbonyl (C=O) groups excluding carboxylic acids is 1. The van der Waals surface area contributed by atoms with Crippen LogP contribution in [0.3, 0.4) is 0 Å². The van der Waals surface area contributed by atoms with Gasteiger partial charge in [-0.1, -0.05) is 18.2 Å². The van der Waals surface area contributed by atoms with Gasteiger partial charge in [0.2, 0.25) is 5.91 Å². The molecule has 0 spiro atoms. The number of benzene rings is 1. The second-order valence-electron chi connectivity index (χ2n) is 5.77. The molecule has 0 bridgehead atoms. The monoisotopic (exact) mass is 309 g/mol. The van der Waals surface area contributed by atoms with Crippen molar-refractivity contribution in [2.24, 2.45) is 5.92 Å². The van der Waals surface area contributed by atoms with Gasteiger partial charge in [0.1, 0.15) is 5.75 Å². The van der Waals surface area contributed by atoms with Crippen molar-refractivity contribution < 1.29 is 17.9 Å². The molecule has 2 atom stereocenters. The highest BCUT2D eigenvalue weighted by atomic mass is 32.2. The molecule has 1 saturated heterocycles. The quantitative estimate of drug-likeness (QED) is 0.917. The zero-order valence-corrected chi connectivity index (χ0v) is 12.6. The maximum atomic E-state index is 12.1. The molecule has 1 fully saturated rings. The Morgan fingerprint density at radius 3 is 2.86 bits per heavy atom. The van der Waals surface area contributed by atoms with Crippen molar-refractivity contribution in [1.82, 2.24) is 5.32 Å². The van der Waals surface area contributed by atoms with Crippen molar-refractivity contribution in [1.29, 1.82) is 0 Å². The van der Waals surface area contributed by atoms with E-state index < -0.39 is 9.84 Å². The highest BCUT2D eigenvalue weighted by Gasteiger charge is 2.30. The van der Waals surface area contributed by atoms with Gasteiger partial charge in [0.15, 0.2) is 9.84 Å². The molecule has 3 rings (SSSR count). The molecule has 2 aliphatic heterocycles. The van der Waals surface area contributed by atoms with Gasteiger partial charge < -0.3 is 10.1 Å². The van der Waals surface area contributed by atoms with Crippen LogP contribution in [0, 0.1) is 5.92 Å². The van der Waals surface area contributed by atoms with Crippen LogP contribution in [0.1, 0.15) is 30.9 Å². The van der Waals surface area contributed by atoms with E-state index in [4.69, 9.17) is 4.74 Å². The van der Waals surface area contributed by atoms with E-state index >= 15 is 0 Å². The number of para-hydroxylation sites is 1. The number of hydrogen-bond acceptors (Lipinski definition) is 4. The van der Waals surface area contributed by atoms with E-state index in [1.165, 1.54) is 0 Å². The zero-order valence-electron chi connectivity index (χ0n) is 11.7. The van der Waals surface area contributed by atoms with Gasteiger partial charge in [0.25, 0.3) is 0 Å². The summed E-state index contributed by atoms with van der Waals surface area (Å²) in [6.07, 6.45) is 1.63. The van der Waals surface area contributed by atoms with Gasteiger partial charge in [-0.05, 0) is 18.4 Å². The Balaban J connectivity index is 1.61. The van der Waals surface area contributed by atoms with Gasteiger partial charge in [-0.15, -0.1) is 0 Å². The van der Waals surface area contributed by atoms with E-state index in [1.54, 1.807) is 0 Å². The van der Waals surface area contributed by atoms with E-state index in [0.717, 1.165) is 17.7 Å². The molecular weight excluding hydrogens is 290 g/mol. The zero-order chi connectivity index (χ0) is 14.9. The molecule has 0 aliphatic carbocycles. The predicted molar refractivity (Wildman–Crippen MR) is 78.8 cm³/mol. The molecule has 1 aromatic carbocycles. The summed E-state index contributed by atoms with van der Waals surface area (Å²) in [7, 11) is -2.92. The molecule has 114 valence electrons. The Morgan fingerprint density at radius 1 is 1.29 bits per heavy atom. The lowest BCUT2D eigenvalue weighted by Gasteiger charge is -2.27. The summed E-state index contributed by atoms with van der Waals surface area (Å²) < 4.78 is 28.4. The minimum atomic E-state index is -2.92. The van der Waals surface area contributed by atoms with E-state index in [9.17, 15) is 13.2 Å². The van der Waals surface area contributed by atoms with E-state index in [0.29, 0.717) is 19.4 Å². The summed E-state index contributed by atoms with van der Waals surface area (Å²) in [5, 5.41) is 3.02. The fourth-order valence-electron chi connectivity index (χ4n) is 3.04. The summed E-state index contributed by atoms with van der Waals surface area (Å²) in [6, 6.07) is 7.65. The number of hydrogen-bond donors (Lipinski definition) is 1. The minimum Gasteiger partial charge on any atom is -0.493 e. The maximum absolute atomic E-state index is 12.1. The van der Waals surface area contributed by atoms with Crippen molar-refractivity contribution in [3.05, 3.63) is 29.8 Å². The number of sulfone groups is 1. The molecule has 0 saturated carbocycles. The van der Waals surface area contributed by atoms with Crippen LogP contribution in [-0.4, -0.2) is 32.4 Å². The lowest BCUT2D eigenvalue weighted by Crippen LogP contribution is -2.33. The second-order valence-corrected chi connectivity index (χ2v) is 8.00. The third-order valence-corrected chi connectivity index (χ3v) is 5.93. The third-order valence-electron chi connectivity index (χ3n) is 4.09. The number of ether oxygens (including phenoxy) is 1. The van der Waals surface area contributed by atoms with Gasteiger partial charge in [0, 0.05) is 18.4 Å². The molecule has 1 aromatic rings. The summed E-state index contributed by atoms with van der Waals surface area (Å²) in [5.74, 6) is 1.07. The SMILES string of the molecule is O=C(C[C@H]1CCS(=O)(=O)C1)N[C@@H]1CCOc2ccccc21. The molecule has 5 nitrogen and oxygen atoms in total. The molecule has 0 unspecified atom stereocenters. The van der Waals surface area contributed by atoms with Crippen molar-refractivity contribution >= 4 is 15.7 Å². The van der Waals surface area contributed by atoms with Crippen molar-refractivity contribution in [3.8, 4) is 5.75 Å². The standard InChI is InChI=1S/C15H19NO4S/c17-15(9-11-6-8-21(18,19)10-11)16-13-5-7-20-14-4-2-1-3-12(13)14/h1-4,11,13H,5-10H2,(H,16,17)/t11-,13-/m1/s1. The number of nitrogens with one attached hydrogen (secondary N) is 1. The van der Waals surface area contributed by atoms with Crippen LogP contribution in [0.4, 0.5) is 0 Å². The summed E-state index contributed by atoms with van der Waals surface area (Å²) in [4.78, 5) is 12.1. The Kier molecular flexibility index (Phi) is 3.89. The number of carbonyl (C=O) groups is 1. The molecule has 1 N–H and O–H groups in total. The first kappa shape index (κ1) is 14.4. The Bertz CT molecular complexity index is 641. The molecule has 2 aliphatic rings. The van der Waals surface area contributed by atoms with Gasteiger partial charge >= 0.3 is 0 Å². The predicted octanol–water partition coefficient (Wildman–Crippen LogP) is 1.45. The molecule has 2 heterocycles. The smallest absolute Gasteiger partial charge is 0.220 e. The van der Waals surface area contributed by atoms with Crippen LogP contribution in [0.5, 0.6) is 5.75 Å². The second kappa shape index (κ2) is 5.67. The normalized spacial score (nSPS) is 26.7. The van der Waals surface area contributed by atoms with Crippen LogP contribution >= 0.6 is 0 Å². The first-order valence-electron chi connectivity index (χ1n) is 7.25. The fraction of sp³-hybridized carbons (Fsp3) is 0.533. The average Bonchev–Trinajstić information content (AvgIpc) is 2.78. The van der Waals surface area contributed by atoms with Gasteiger partial charge in [-0.2, -0.15) is 0 Å². The van der Waals surface area contributed by atoms with Crippen molar-refractivity contribution in [2.75, 3.05) is 18.1 Å². The van der Waals surface area contributed by atoms with Crippen LogP contribution in [0.25, 0.3) is 0 Å². The fourth-order valence-corrected chi connectivity index (χ4v) is 4.90. The van der Waals surface area contributed by atoms with Gasteiger partial charge in [-0.3, -0.25) is 4.79 Å². The topological polar surface area (TPSA) is 72.5 Å². The van der Waals surface area contributed by atoms with Crippen LogP contribution in [0.2, 0.25) is 0 Å². The lowest BCUT2D eigenvalue weighted by atomic mass is 9.99. The van der Waals surface area contributed by atoms with Crippen LogP contribution in [0.15, 0.2) is 24.3 Å². The van der Waals surface area contributed by atoms with Gasteiger partial charge in [0.05, 0.1) is 24.2 Å². The average molecular weight is 309 g/mol. The van der Waals surface area contributed by atoms with E-state index in [2.05, 4.69) is 5.32 Å². The maximum Gasteiger partial charge on any atom is 0.220 e. The van der Waals surface area contributed by atoms with Gasteiger partial charge in [-0.25, -0.2) is 8.42 Å². The summed E-state index contributed by atoms with van der Waals surface area (Å²) in [6.45, 7) is 0.583. The number of rotatable bonds is 3. The molecule has 0 aromatic heterocycles. The number of fused-ring (bicyclic) bond motifs is 1. The Labute approximate surface area is 124 Å². The summed E-state index contributed by atoms with van der Waals surface area (Å²) >= 11 is 0. The summed E-state index contributed by atoms with van der Waals surface area (Å²) in [5.41, 5.74) is 0.996. The largest absolute Gasteiger partial charge is 0.493 e. The highest BCUT2D eigenvalue weighted by Crippen LogP contribution is 2.32. The van der Waals surface area contributed by atoms with Crippen LogP contribution < -0.4 is 10.1 Å².